The van der Waals surface area contributed by atoms with Gasteiger partial charge in [0.05, 0.1) is 30.2 Å². The van der Waals surface area contributed by atoms with Crippen molar-refractivity contribution in [2.24, 2.45) is 7.05 Å². The maximum atomic E-state index is 12.8. The summed E-state index contributed by atoms with van der Waals surface area (Å²) in [6.07, 6.45) is 2.05. The number of aryl methyl sites for hydroxylation is 1. The zero-order valence-corrected chi connectivity index (χ0v) is 13.7. The number of benzene rings is 1. The molecule has 7 nitrogen and oxygen atoms in total. The number of rotatable bonds is 4. The summed E-state index contributed by atoms with van der Waals surface area (Å²) in [7, 11) is 3.46. The zero-order chi connectivity index (χ0) is 17.1. The molecule has 124 valence electrons. The van der Waals surface area contributed by atoms with Gasteiger partial charge in [-0.3, -0.25) is 9.48 Å². The largest absolute Gasteiger partial charge is 0.379 e. The number of methoxy groups -OCH3 is 1. The highest BCUT2D eigenvalue weighted by atomic mass is 16.5. The van der Waals surface area contributed by atoms with Crippen LogP contribution in [0, 0.1) is 11.3 Å². The fourth-order valence-corrected chi connectivity index (χ4v) is 3.09. The van der Waals surface area contributed by atoms with Gasteiger partial charge in [-0.1, -0.05) is 17.3 Å². The third-order valence-electron chi connectivity index (χ3n) is 4.31. The highest BCUT2D eigenvalue weighted by Gasteiger charge is 2.38. The lowest BCUT2D eigenvalue weighted by atomic mass is 10.0. The molecule has 1 aliphatic heterocycles. The van der Waals surface area contributed by atoms with Gasteiger partial charge >= 0.3 is 0 Å². The first-order valence-electron chi connectivity index (χ1n) is 7.76. The van der Waals surface area contributed by atoms with Gasteiger partial charge in [0.15, 0.2) is 0 Å². The van der Waals surface area contributed by atoms with Gasteiger partial charge in [-0.05, 0) is 17.7 Å². The second kappa shape index (κ2) is 6.81. The van der Waals surface area contributed by atoms with E-state index in [-0.39, 0.29) is 17.9 Å². The molecule has 0 spiro atoms. The van der Waals surface area contributed by atoms with Crippen LogP contribution in [0.25, 0.3) is 0 Å². The number of likely N-dealkylation sites (tertiary alicyclic amines) is 1. The van der Waals surface area contributed by atoms with Crippen molar-refractivity contribution >= 4 is 5.91 Å². The molecule has 0 saturated carbocycles. The number of nitriles is 1. The molecular weight excluding hydrogens is 306 g/mol. The van der Waals surface area contributed by atoms with Crippen molar-refractivity contribution in [2.75, 3.05) is 20.2 Å². The maximum Gasteiger partial charge on any atom is 0.253 e. The Bertz CT molecular complexity index is 779. The van der Waals surface area contributed by atoms with Gasteiger partial charge in [0, 0.05) is 39.0 Å². The van der Waals surface area contributed by atoms with E-state index >= 15 is 0 Å². The number of hydrogen-bond acceptors (Lipinski definition) is 5. The number of amides is 1. The van der Waals surface area contributed by atoms with E-state index in [0.717, 1.165) is 11.3 Å². The monoisotopic (exact) mass is 325 g/mol. The Hall–Kier alpha value is -2.72. The molecule has 0 bridgehead atoms. The van der Waals surface area contributed by atoms with E-state index in [4.69, 9.17) is 10.00 Å². The number of nitrogens with zero attached hydrogens (tertiary/aromatic N) is 5. The average Bonchev–Trinajstić information content (AvgIpc) is 3.20. The van der Waals surface area contributed by atoms with Crippen LogP contribution in [-0.4, -0.2) is 52.1 Å². The quantitative estimate of drug-likeness (QED) is 0.841. The molecular formula is C17H19N5O2. The minimum Gasteiger partial charge on any atom is -0.379 e. The van der Waals surface area contributed by atoms with Crippen LogP contribution in [0.4, 0.5) is 0 Å². The van der Waals surface area contributed by atoms with Crippen molar-refractivity contribution in [1.82, 2.24) is 19.9 Å². The molecule has 1 aliphatic rings. The van der Waals surface area contributed by atoms with Gasteiger partial charge < -0.3 is 9.64 Å². The predicted octanol–water partition coefficient (Wildman–Crippen LogP) is 1.14. The Morgan fingerprint density at radius 3 is 2.96 bits per heavy atom. The van der Waals surface area contributed by atoms with E-state index in [1.165, 1.54) is 0 Å². The summed E-state index contributed by atoms with van der Waals surface area (Å²) in [6.45, 7) is 1.05. The van der Waals surface area contributed by atoms with Gasteiger partial charge in [0.1, 0.15) is 0 Å². The van der Waals surface area contributed by atoms with Crippen LogP contribution < -0.4 is 0 Å². The minimum absolute atomic E-state index is 0.00920. The summed E-state index contributed by atoms with van der Waals surface area (Å²) in [6, 6.07) is 9.32. The maximum absolute atomic E-state index is 12.8. The van der Waals surface area contributed by atoms with Crippen LogP contribution in [0.5, 0.6) is 0 Å². The van der Waals surface area contributed by atoms with Gasteiger partial charge in [0.2, 0.25) is 0 Å². The molecule has 1 aromatic carbocycles. The summed E-state index contributed by atoms with van der Waals surface area (Å²) >= 11 is 0. The Morgan fingerprint density at radius 1 is 1.46 bits per heavy atom. The smallest absolute Gasteiger partial charge is 0.253 e. The molecule has 7 heteroatoms. The van der Waals surface area contributed by atoms with Crippen molar-refractivity contribution in [1.29, 1.82) is 5.26 Å². The summed E-state index contributed by atoms with van der Waals surface area (Å²) < 4.78 is 7.20. The topological polar surface area (TPSA) is 84.0 Å². The van der Waals surface area contributed by atoms with Gasteiger partial charge in [-0.15, -0.1) is 5.10 Å². The summed E-state index contributed by atoms with van der Waals surface area (Å²) in [4.78, 5) is 14.6. The predicted molar refractivity (Wildman–Crippen MR) is 86.2 cm³/mol. The van der Waals surface area contributed by atoms with Crippen LogP contribution >= 0.6 is 0 Å². The van der Waals surface area contributed by atoms with E-state index in [2.05, 4.69) is 16.4 Å². The molecule has 1 aromatic heterocycles. The van der Waals surface area contributed by atoms with Crippen molar-refractivity contribution in [3.63, 3.8) is 0 Å². The normalized spacial score (nSPS) is 20.1. The number of aromatic nitrogens is 3. The Balaban J connectivity index is 1.79. The van der Waals surface area contributed by atoms with Crippen LogP contribution in [-0.2, 0) is 18.2 Å². The second-order valence-electron chi connectivity index (χ2n) is 5.94. The molecule has 0 aliphatic carbocycles. The van der Waals surface area contributed by atoms with E-state index in [9.17, 15) is 4.79 Å². The molecule has 0 unspecified atom stereocenters. The molecule has 2 atom stereocenters. The third-order valence-corrected chi connectivity index (χ3v) is 4.31. The Labute approximate surface area is 140 Å². The lowest BCUT2D eigenvalue weighted by Gasteiger charge is -2.16. The highest BCUT2D eigenvalue weighted by Crippen LogP contribution is 2.29. The van der Waals surface area contributed by atoms with Gasteiger partial charge in [0.25, 0.3) is 5.91 Å². The summed E-state index contributed by atoms with van der Waals surface area (Å²) in [5.41, 5.74) is 2.27. The van der Waals surface area contributed by atoms with Crippen molar-refractivity contribution in [3.05, 3.63) is 47.3 Å². The number of ether oxygens (including phenoxy) is 1. The summed E-state index contributed by atoms with van der Waals surface area (Å²) in [5.74, 6) is -0.0434. The first-order valence-corrected chi connectivity index (χ1v) is 7.76. The van der Waals surface area contributed by atoms with Crippen molar-refractivity contribution < 1.29 is 9.53 Å². The molecule has 1 fully saturated rings. The van der Waals surface area contributed by atoms with Gasteiger partial charge in [-0.2, -0.15) is 5.26 Å². The fourth-order valence-electron chi connectivity index (χ4n) is 3.09. The number of carbonyl (C=O) groups is 1. The van der Waals surface area contributed by atoms with Crippen molar-refractivity contribution in [3.8, 4) is 6.07 Å². The van der Waals surface area contributed by atoms with E-state index < -0.39 is 0 Å². The molecule has 3 rings (SSSR count). The van der Waals surface area contributed by atoms with Crippen LogP contribution in [0.3, 0.4) is 0 Å². The lowest BCUT2D eigenvalue weighted by Crippen LogP contribution is -2.30. The molecule has 24 heavy (non-hydrogen) atoms. The second-order valence-corrected chi connectivity index (χ2v) is 5.94. The first-order chi connectivity index (χ1) is 11.6. The average molecular weight is 325 g/mol. The third kappa shape index (κ3) is 3.14. The van der Waals surface area contributed by atoms with E-state index in [1.54, 1.807) is 28.8 Å². The molecule has 2 heterocycles. The van der Waals surface area contributed by atoms with Crippen LogP contribution in [0.2, 0.25) is 0 Å². The zero-order valence-electron chi connectivity index (χ0n) is 13.7. The van der Waals surface area contributed by atoms with Gasteiger partial charge in [-0.25, -0.2) is 0 Å². The SMILES string of the molecule is CO[C@@H]1CN(C(=O)c2cccc(CC#N)c2)C[C@H]1c1cn(C)nn1. The lowest BCUT2D eigenvalue weighted by molar-refractivity contribution is 0.0714. The highest BCUT2D eigenvalue weighted by molar-refractivity contribution is 5.94. The number of carbonyl (C=O) groups excluding carboxylic acids is 1. The molecule has 2 aromatic rings. The van der Waals surface area contributed by atoms with Crippen LogP contribution in [0.1, 0.15) is 27.5 Å². The fraction of sp³-hybridized carbons (Fsp3) is 0.412. The Morgan fingerprint density at radius 2 is 2.29 bits per heavy atom. The first kappa shape index (κ1) is 16.1. The molecule has 0 N–H and O–H groups in total. The molecule has 1 saturated heterocycles. The standard InChI is InChI=1S/C17H19N5O2/c1-21-10-15(19-20-21)14-9-22(11-16(14)24-2)17(23)13-5-3-4-12(8-13)6-7-18/h3-5,8,10,14,16H,6,9,11H2,1-2H3/t14-,16+/m0/s1. The Kier molecular flexibility index (Phi) is 4.58. The molecule has 1 amide bonds. The molecule has 0 radical (unpaired) electrons. The summed E-state index contributed by atoms with van der Waals surface area (Å²) in [5, 5.41) is 16.9. The number of hydrogen-bond donors (Lipinski definition) is 0. The van der Waals surface area contributed by atoms with Crippen molar-refractivity contribution in [2.45, 2.75) is 18.4 Å². The van der Waals surface area contributed by atoms with E-state index in [0.29, 0.717) is 25.1 Å². The van der Waals surface area contributed by atoms with Crippen LogP contribution in [0.15, 0.2) is 30.5 Å². The van der Waals surface area contributed by atoms with E-state index in [1.807, 2.05) is 25.4 Å². The minimum atomic E-state index is -0.104.